The van der Waals surface area contributed by atoms with Gasteiger partial charge in [-0.3, -0.25) is 9.59 Å². The van der Waals surface area contributed by atoms with E-state index in [-0.39, 0.29) is 23.9 Å². The molecule has 2 atom stereocenters. The number of rotatable bonds is 2. The average Bonchev–Trinajstić information content (AvgIpc) is 2.75. The fraction of sp³-hybridized carbons (Fsp3) is 0.478. The molecule has 2 aromatic rings. The number of piperidine rings is 2. The molecule has 0 radical (unpaired) electrons. The van der Waals surface area contributed by atoms with Crippen molar-refractivity contribution < 1.29 is 4.79 Å². The van der Waals surface area contributed by atoms with Gasteiger partial charge in [-0.25, -0.2) is 0 Å². The highest BCUT2D eigenvalue weighted by molar-refractivity contribution is 5.94. The van der Waals surface area contributed by atoms with Crippen LogP contribution in [0.25, 0.3) is 0 Å². The van der Waals surface area contributed by atoms with Gasteiger partial charge < -0.3 is 14.8 Å². The minimum Gasteiger partial charge on any atom is -0.338 e. The van der Waals surface area contributed by atoms with Crippen LogP contribution < -0.4 is 10.9 Å². The molecule has 4 heterocycles. The van der Waals surface area contributed by atoms with Crippen LogP contribution in [0.4, 0.5) is 0 Å². The number of fused-ring (bicyclic) bond motifs is 4. The largest absolute Gasteiger partial charge is 0.338 e. The van der Waals surface area contributed by atoms with Gasteiger partial charge in [0, 0.05) is 37.8 Å². The lowest BCUT2D eigenvalue weighted by Crippen LogP contribution is -2.47. The Kier molecular flexibility index (Phi) is 5.79. The second-order valence-corrected chi connectivity index (χ2v) is 8.52. The predicted octanol–water partition coefficient (Wildman–Crippen LogP) is 3.00. The number of halogens is 1. The maximum absolute atomic E-state index is 13.1. The molecule has 5 rings (SSSR count). The molecular formula is C23H28ClN3O2. The summed E-state index contributed by atoms with van der Waals surface area (Å²) >= 11 is 0. The molecule has 1 N–H and O–H groups in total. The first-order chi connectivity index (χ1) is 13.7. The van der Waals surface area contributed by atoms with Crippen molar-refractivity contribution in [3.63, 3.8) is 0 Å². The maximum atomic E-state index is 13.1. The van der Waals surface area contributed by atoms with Crippen LogP contribution in [-0.4, -0.2) is 41.6 Å². The fourth-order valence-electron chi connectivity index (χ4n) is 5.26. The van der Waals surface area contributed by atoms with Gasteiger partial charge in [0.15, 0.2) is 0 Å². The smallest absolute Gasteiger partial charge is 0.263 e. The molecule has 3 aliphatic rings. The van der Waals surface area contributed by atoms with Crippen LogP contribution in [0.2, 0.25) is 0 Å². The standard InChI is InChI=1S/C23H27N3O2.ClH/c27-22(25-10-8-18(9-11-25)17-4-2-1-3-5-17)20-6-7-21-19-12-16(13-24-14-19)15-26(21)23(20)28;/h1-7,16,18-19,24H,8-15H2;1H/t16-,19+;/m0./s1. The fourth-order valence-corrected chi connectivity index (χ4v) is 5.26. The van der Waals surface area contributed by atoms with Gasteiger partial charge in [0.1, 0.15) is 5.56 Å². The molecular weight excluding hydrogens is 386 g/mol. The van der Waals surface area contributed by atoms with E-state index in [4.69, 9.17) is 0 Å². The average molecular weight is 414 g/mol. The van der Waals surface area contributed by atoms with Crippen molar-refractivity contribution in [2.24, 2.45) is 5.92 Å². The summed E-state index contributed by atoms with van der Waals surface area (Å²) in [4.78, 5) is 28.1. The van der Waals surface area contributed by atoms with Gasteiger partial charge in [-0.2, -0.15) is 0 Å². The number of hydrogen-bond acceptors (Lipinski definition) is 3. The van der Waals surface area contributed by atoms with E-state index < -0.39 is 0 Å². The topological polar surface area (TPSA) is 54.3 Å². The van der Waals surface area contributed by atoms with Crippen LogP contribution in [0.15, 0.2) is 47.3 Å². The zero-order chi connectivity index (χ0) is 19.1. The number of carbonyl (C=O) groups is 1. The van der Waals surface area contributed by atoms with Gasteiger partial charge in [-0.05, 0) is 55.3 Å². The van der Waals surface area contributed by atoms with Gasteiger partial charge in [0.2, 0.25) is 0 Å². The predicted molar refractivity (Wildman–Crippen MR) is 116 cm³/mol. The zero-order valence-corrected chi connectivity index (χ0v) is 17.4. The summed E-state index contributed by atoms with van der Waals surface area (Å²) in [6.45, 7) is 4.06. The molecule has 0 spiro atoms. The van der Waals surface area contributed by atoms with Crippen LogP contribution in [-0.2, 0) is 6.54 Å². The second-order valence-electron chi connectivity index (χ2n) is 8.52. The molecule has 2 bridgehead atoms. The third kappa shape index (κ3) is 3.74. The summed E-state index contributed by atoms with van der Waals surface area (Å²) in [7, 11) is 0. The first kappa shape index (κ1) is 20.2. The van der Waals surface area contributed by atoms with E-state index in [0.29, 0.717) is 23.3 Å². The summed E-state index contributed by atoms with van der Waals surface area (Å²) in [5.41, 5.74) is 2.69. The Morgan fingerprint density at radius 1 is 0.966 bits per heavy atom. The molecule has 0 aliphatic carbocycles. The lowest BCUT2D eigenvalue weighted by molar-refractivity contribution is 0.0709. The summed E-state index contributed by atoms with van der Waals surface area (Å²) in [6.07, 6.45) is 3.06. The molecule has 1 aromatic heterocycles. The maximum Gasteiger partial charge on any atom is 0.263 e. The van der Waals surface area contributed by atoms with E-state index in [1.807, 2.05) is 21.6 Å². The van der Waals surface area contributed by atoms with Gasteiger partial charge in [0.25, 0.3) is 11.5 Å². The Morgan fingerprint density at radius 3 is 2.48 bits per heavy atom. The lowest BCUT2D eigenvalue weighted by atomic mass is 9.84. The lowest BCUT2D eigenvalue weighted by Gasteiger charge is -2.38. The summed E-state index contributed by atoms with van der Waals surface area (Å²) in [6, 6.07) is 14.3. The number of carbonyl (C=O) groups excluding carboxylic acids is 1. The molecule has 154 valence electrons. The quantitative estimate of drug-likeness (QED) is 0.823. The number of nitrogens with zero attached hydrogens (tertiary/aromatic N) is 2. The Hall–Kier alpha value is -2.11. The number of aromatic nitrogens is 1. The van der Waals surface area contributed by atoms with E-state index in [9.17, 15) is 9.59 Å². The molecule has 0 unspecified atom stereocenters. The number of amides is 1. The Morgan fingerprint density at radius 2 is 1.72 bits per heavy atom. The molecule has 5 nitrogen and oxygen atoms in total. The molecule has 29 heavy (non-hydrogen) atoms. The summed E-state index contributed by atoms with van der Waals surface area (Å²) < 4.78 is 1.88. The van der Waals surface area contributed by atoms with Crippen molar-refractivity contribution in [3.8, 4) is 0 Å². The minimum atomic E-state index is -0.0966. The highest BCUT2D eigenvalue weighted by Gasteiger charge is 2.33. The molecule has 6 heteroatoms. The van der Waals surface area contributed by atoms with Gasteiger partial charge in [-0.15, -0.1) is 12.4 Å². The Balaban J connectivity index is 0.00000205. The number of likely N-dealkylation sites (tertiary alicyclic amines) is 1. The van der Waals surface area contributed by atoms with E-state index in [1.165, 1.54) is 5.56 Å². The van der Waals surface area contributed by atoms with Crippen molar-refractivity contribution in [2.75, 3.05) is 26.2 Å². The summed E-state index contributed by atoms with van der Waals surface area (Å²) in [5.74, 6) is 1.30. The van der Waals surface area contributed by atoms with Crippen molar-refractivity contribution in [1.82, 2.24) is 14.8 Å². The highest BCUT2D eigenvalue weighted by atomic mass is 35.5. The highest BCUT2D eigenvalue weighted by Crippen LogP contribution is 2.32. The third-order valence-electron chi connectivity index (χ3n) is 6.79. The third-order valence-corrected chi connectivity index (χ3v) is 6.79. The zero-order valence-electron chi connectivity index (χ0n) is 16.5. The molecule has 0 saturated carbocycles. The first-order valence-corrected chi connectivity index (χ1v) is 10.5. The SMILES string of the molecule is Cl.O=C(c1ccc2n(c1=O)C[C@@H]1CNC[C@H]2C1)N1CCC(c2ccccc2)CC1. The van der Waals surface area contributed by atoms with Crippen molar-refractivity contribution in [2.45, 2.75) is 37.6 Å². The molecule has 2 saturated heterocycles. The van der Waals surface area contributed by atoms with Gasteiger partial charge in [0.05, 0.1) is 0 Å². The summed E-state index contributed by atoms with van der Waals surface area (Å²) in [5, 5.41) is 3.46. The van der Waals surface area contributed by atoms with Crippen molar-refractivity contribution in [3.05, 3.63) is 69.6 Å². The van der Waals surface area contributed by atoms with E-state index in [2.05, 4.69) is 29.6 Å². The van der Waals surface area contributed by atoms with Crippen LogP contribution in [0.1, 0.15) is 52.7 Å². The van der Waals surface area contributed by atoms with E-state index in [0.717, 1.165) is 57.7 Å². The van der Waals surface area contributed by atoms with Crippen LogP contribution in [0.3, 0.4) is 0 Å². The Labute approximate surface area is 177 Å². The molecule has 3 aliphatic heterocycles. The van der Waals surface area contributed by atoms with Crippen molar-refractivity contribution in [1.29, 1.82) is 0 Å². The molecule has 1 amide bonds. The second kappa shape index (κ2) is 8.33. The normalized spacial score (nSPS) is 23.8. The van der Waals surface area contributed by atoms with Gasteiger partial charge in [-0.1, -0.05) is 30.3 Å². The Bertz CT molecular complexity index is 935. The number of pyridine rings is 1. The van der Waals surface area contributed by atoms with Crippen LogP contribution in [0.5, 0.6) is 0 Å². The van der Waals surface area contributed by atoms with E-state index in [1.54, 1.807) is 6.07 Å². The minimum absolute atomic E-state index is 0. The number of nitrogens with one attached hydrogen (secondary N) is 1. The molecule has 1 aromatic carbocycles. The van der Waals surface area contributed by atoms with E-state index >= 15 is 0 Å². The monoisotopic (exact) mass is 413 g/mol. The van der Waals surface area contributed by atoms with Crippen LogP contribution >= 0.6 is 12.4 Å². The first-order valence-electron chi connectivity index (χ1n) is 10.5. The van der Waals surface area contributed by atoms with Gasteiger partial charge >= 0.3 is 0 Å². The number of hydrogen-bond donors (Lipinski definition) is 1. The van der Waals surface area contributed by atoms with Crippen molar-refractivity contribution >= 4 is 18.3 Å². The number of benzene rings is 1. The van der Waals surface area contributed by atoms with Crippen LogP contribution in [0, 0.1) is 5.92 Å². The molecule has 2 fully saturated rings.